The van der Waals surface area contributed by atoms with Crippen molar-refractivity contribution < 1.29 is 9.18 Å². The van der Waals surface area contributed by atoms with Gasteiger partial charge in [0, 0.05) is 24.0 Å². The Balaban J connectivity index is 1.46. The SMILES string of the molecule is CC1(F)CCCN(C(=O)c2cccc3cc(Nc4n[nH]c5cccnc45)ccc23)C1. The van der Waals surface area contributed by atoms with Crippen LogP contribution in [0.3, 0.4) is 0 Å². The minimum atomic E-state index is -1.32. The molecule has 1 saturated heterocycles. The summed E-state index contributed by atoms with van der Waals surface area (Å²) in [6.45, 7) is 2.30. The summed E-state index contributed by atoms with van der Waals surface area (Å²) in [5.74, 6) is 0.528. The van der Waals surface area contributed by atoms with Gasteiger partial charge in [-0.1, -0.05) is 18.2 Å². The number of alkyl halides is 1. The summed E-state index contributed by atoms with van der Waals surface area (Å²) in [6.07, 6.45) is 2.91. The van der Waals surface area contributed by atoms with Crippen molar-refractivity contribution in [3.8, 4) is 0 Å². The van der Waals surface area contributed by atoms with Crippen molar-refractivity contribution in [3.63, 3.8) is 0 Å². The molecule has 0 bridgehead atoms. The third kappa shape index (κ3) is 3.36. The van der Waals surface area contributed by atoms with Gasteiger partial charge in [-0.2, -0.15) is 5.10 Å². The number of likely N-dealkylation sites (tertiary alicyclic amines) is 1. The molecule has 0 aliphatic carbocycles. The van der Waals surface area contributed by atoms with Gasteiger partial charge in [0.1, 0.15) is 11.2 Å². The number of H-pyrrole nitrogens is 1. The summed E-state index contributed by atoms with van der Waals surface area (Å²) < 4.78 is 14.4. The number of nitrogens with one attached hydrogen (secondary N) is 2. The van der Waals surface area contributed by atoms with Crippen molar-refractivity contribution in [3.05, 3.63) is 60.3 Å². The van der Waals surface area contributed by atoms with Crippen LogP contribution in [0.15, 0.2) is 54.7 Å². The number of pyridine rings is 1. The Morgan fingerprint density at radius 1 is 1.23 bits per heavy atom. The van der Waals surface area contributed by atoms with Gasteiger partial charge in [0.25, 0.3) is 5.91 Å². The molecule has 0 saturated carbocycles. The first-order valence-electron chi connectivity index (χ1n) is 10.1. The summed E-state index contributed by atoms with van der Waals surface area (Å²) >= 11 is 0. The lowest BCUT2D eigenvalue weighted by molar-refractivity contribution is 0.0419. The highest BCUT2D eigenvalue weighted by molar-refractivity contribution is 6.07. The van der Waals surface area contributed by atoms with Crippen LogP contribution in [0, 0.1) is 0 Å². The number of hydrogen-bond donors (Lipinski definition) is 2. The highest BCUT2D eigenvalue weighted by Gasteiger charge is 2.33. The van der Waals surface area contributed by atoms with Gasteiger partial charge in [-0.15, -0.1) is 0 Å². The largest absolute Gasteiger partial charge is 0.337 e. The van der Waals surface area contributed by atoms with Gasteiger partial charge < -0.3 is 10.2 Å². The summed E-state index contributed by atoms with van der Waals surface area (Å²) in [5.41, 5.74) is 1.75. The number of rotatable bonds is 3. The zero-order valence-electron chi connectivity index (χ0n) is 16.7. The number of piperidine rings is 1. The van der Waals surface area contributed by atoms with Crippen molar-refractivity contribution in [2.45, 2.75) is 25.4 Å². The second-order valence-corrected chi connectivity index (χ2v) is 8.08. The van der Waals surface area contributed by atoms with E-state index in [1.807, 2.05) is 48.5 Å². The molecule has 5 rings (SSSR count). The van der Waals surface area contributed by atoms with Gasteiger partial charge in [0.2, 0.25) is 0 Å². The molecule has 3 heterocycles. The normalized spacial score (nSPS) is 19.3. The zero-order valence-corrected chi connectivity index (χ0v) is 16.7. The van der Waals surface area contributed by atoms with E-state index in [0.717, 1.165) is 27.5 Å². The predicted octanol–water partition coefficient (Wildman–Crippen LogP) is 4.82. The molecule has 1 aliphatic heterocycles. The number of carbonyl (C=O) groups is 1. The number of anilines is 2. The highest BCUT2D eigenvalue weighted by Crippen LogP contribution is 2.29. The molecule has 1 amide bonds. The number of carbonyl (C=O) groups excluding carboxylic acids is 1. The minimum Gasteiger partial charge on any atom is -0.337 e. The van der Waals surface area contributed by atoms with Crippen LogP contribution in [-0.2, 0) is 0 Å². The van der Waals surface area contributed by atoms with Gasteiger partial charge >= 0.3 is 0 Å². The Bertz CT molecular complexity index is 1250. The Hall–Kier alpha value is -3.48. The maximum absolute atomic E-state index is 14.4. The third-order valence-corrected chi connectivity index (χ3v) is 5.63. The van der Waals surface area contributed by atoms with Gasteiger partial charge in [0.05, 0.1) is 12.1 Å². The molecule has 4 aromatic rings. The van der Waals surface area contributed by atoms with E-state index < -0.39 is 5.67 Å². The molecule has 0 spiro atoms. The number of fused-ring (bicyclic) bond motifs is 2. The molecule has 6 nitrogen and oxygen atoms in total. The molecule has 1 atom stereocenters. The Morgan fingerprint density at radius 2 is 2.13 bits per heavy atom. The van der Waals surface area contributed by atoms with E-state index in [2.05, 4.69) is 20.5 Å². The first-order valence-corrected chi connectivity index (χ1v) is 10.1. The van der Waals surface area contributed by atoms with E-state index in [1.54, 1.807) is 18.0 Å². The maximum atomic E-state index is 14.4. The number of benzene rings is 2. The fourth-order valence-electron chi connectivity index (χ4n) is 4.16. The molecule has 30 heavy (non-hydrogen) atoms. The van der Waals surface area contributed by atoms with Crippen molar-refractivity contribution in [2.24, 2.45) is 0 Å². The van der Waals surface area contributed by atoms with E-state index in [9.17, 15) is 9.18 Å². The van der Waals surface area contributed by atoms with Gasteiger partial charge in [-0.25, -0.2) is 4.39 Å². The Labute approximate surface area is 173 Å². The molecule has 152 valence electrons. The Morgan fingerprint density at radius 3 is 3.00 bits per heavy atom. The number of nitrogens with zero attached hydrogens (tertiary/aromatic N) is 3. The van der Waals surface area contributed by atoms with E-state index in [0.29, 0.717) is 30.8 Å². The van der Waals surface area contributed by atoms with Crippen molar-refractivity contribution in [2.75, 3.05) is 18.4 Å². The maximum Gasteiger partial charge on any atom is 0.254 e. The lowest BCUT2D eigenvalue weighted by Crippen LogP contribution is -2.46. The molecular formula is C23H22FN5O. The summed E-state index contributed by atoms with van der Waals surface area (Å²) in [6, 6.07) is 15.2. The van der Waals surface area contributed by atoms with Gasteiger partial charge in [-0.05, 0) is 60.9 Å². The fourth-order valence-corrected chi connectivity index (χ4v) is 4.16. The highest BCUT2D eigenvalue weighted by atomic mass is 19.1. The average molecular weight is 403 g/mol. The molecule has 2 aromatic heterocycles. The van der Waals surface area contributed by atoms with E-state index >= 15 is 0 Å². The fraction of sp³-hybridized carbons (Fsp3) is 0.261. The monoisotopic (exact) mass is 403 g/mol. The number of aromatic nitrogens is 3. The van der Waals surface area contributed by atoms with Crippen LogP contribution >= 0.6 is 0 Å². The number of halogens is 1. The lowest BCUT2D eigenvalue weighted by atomic mass is 9.95. The first kappa shape index (κ1) is 18.5. The Kier molecular flexibility index (Phi) is 4.38. The molecule has 0 radical (unpaired) electrons. The van der Waals surface area contributed by atoms with Crippen LogP contribution in [0.1, 0.15) is 30.1 Å². The first-order chi connectivity index (χ1) is 14.5. The van der Waals surface area contributed by atoms with Crippen molar-refractivity contribution in [1.29, 1.82) is 0 Å². The molecular weight excluding hydrogens is 381 g/mol. The average Bonchev–Trinajstić information content (AvgIpc) is 3.15. The minimum absolute atomic E-state index is 0.118. The smallest absolute Gasteiger partial charge is 0.254 e. The molecule has 1 fully saturated rings. The second-order valence-electron chi connectivity index (χ2n) is 8.08. The van der Waals surface area contributed by atoms with Crippen molar-refractivity contribution in [1.82, 2.24) is 20.1 Å². The lowest BCUT2D eigenvalue weighted by Gasteiger charge is -2.35. The van der Waals surface area contributed by atoms with E-state index in [4.69, 9.17) is 0 Å². The number of amides is 1. The van der Waals surface area contributed by atoms with E-state index in [-0.39, 0.29) is 12.5 Å². The van der Waals surface area contributed by atoms with Crippen LogP contribution in [0.25, 0.3) is 21.8 Å². The topological polar surface area (TPSA) is 73.9 Å². The quantitative estimate of drug-likeness (QED) is 0.514. The van der Waals surface area contributed by atoms with Crippen molar-refractivity contribution >= 4 is 39.2 Å². The molecule has 1 unspecified atom stereocenters. The van der Waals surface area contributed by atoms with Crippen LogP contribution in [0.5, 0.6) is 0 Å². The zero-order chi connectivity index (χ0) is 20.7. The van der Waals surface area contributed by atoms with Gasteiger partial charge in [-0.3, -0.25) is 14.9 Å². The molecule has 2 aromatic carbocycles. The third-order valence-electron chi connectivity index (χ3n) is 5.63. The standard InChI is InChI=1S/C23H22FN5O/c1-23(24)10-4-12-29(14-23)22(30)18-6-2-5-15-13-16(8-9-17(15)18)26-21-20-19(27-28-21)7-3-11-25-20/h2-3,5-9,11,13H,4,10,12,14H2,1H3,(H2,26,27,28). The number of hydrogen-bond acceptors (Lipinski definition) is 4. The summed E-state index contributed by atoms with van der Waals surface area (Å²) in [4.78, 5) is 19.1. The van der Waals surface area contributed by atoms with E-state index in [1.165, 1.54) is 0 Å². The summed E-state index contributed by atoms with van der Waals surface area (Å²) in [7, 11) is 0. The van der Waals surface area contributed by atoms with Crippen LogP contribution in [-0.4, -0.2) is 44.7 Å². The van der Waals surface area contributed by atoms with Crippen LogP contribution < -0.4 is 5.32 Å². The predicted molar refractivity (Wildman–Crippen MR) is 116 cm³/mol. The number of aromatic amines is 1. The van der Waals surface area contributed by atoms with Gasteiger partial charge in [0.15, 0.2) is 5.82 Å². The van der Waals surface area contributed by atoms with Crippen LogP contribution in [0.2, 0.25) is 0 Å². The van der Waals surface area contributed by atoms with Crippen LogP contribution in [0.4, 0.5) is 15.9 Å². The molecule has 2 N–H and O–H groups in total. The molecule has 1 aliphatic rings. The summed E-state index contributed by atoms with van der Waals surface area (Å²) in [5, 5.41) is 12.3. The molecule has 7 heteroatoms. The second kappa shape index (κ2) is 7.09.